The highest BCUT2D eigenvalue weighted by atomic mass is 19.4. The third kappa shape index (κ3) is 2.57. The van der Waals surface area contributed by atoms with Crippen LogP contribution in [0.2, 0.25) is 0 Å². The Morgan fingerprint density at radius 3 is 2.41 bits per heavy atom. The molecular formula is C11H14F3N3. The van der Waals surface area contributed by atoms with Crippen LogP contribution in [0.3, 0.4) is 0 Å². The molecule has 1 aliphatic carbocycles. The SMILES string of the molecule is NC1(c2nccc(C(F)(F)F)n2)CCCCC1. The quantitative estimate of drug-likeness (QED) is 0.827. The monoisotopic (exact) mass is 245 g/mol. The van der Waals surface area contributed by atoms with E-state index in [2.05, 4.69) is 9.97 Å². The number of hydrogen-bond donors (Lipinski definition) is 1. The summed E-state index contributed by atoms with van der Waals surface area (Å²) < 4.78 is 37.6. The van der Waals surface area contributed by atoms with Crippen molar-refractivity contribution in [2.75, 3.05) is 0 Å². The first kappa shape index (κ1) is 12.3. The van der Waals surface area contributed by atoms with E-state index in [4.69, 9.17) is 5.73 Å². The van der Waals surface area contributed by atoms with E-state index in [0.29, 0.717) is 12.8 Å². The Morgan fingerprint density at radius 1 is 1.18 bits per heavy atom. The summed E-state index contributed by atoms with van der Waals surface area (Å²) >= 11 is 0. The third-order valence-electron chi connectivity index (χ3n) is 3.14. The first-order valence-corrected chi connectivity index (χ1v) is 5.61. The zero-order valence-corrected chi connectivity index (χ0v) is 9.30. The fourth-order valence-corrected chi connectivity index (χ4v) is 2.16. The Balaban J connectivity index is 2.32. The zero-order valence-electron chi connectivity index (χ0n) is 9.30. The molecule has 1 aromatic rings. The molecule has 2 rings (SSSR count). The first-order chi connectivity index (χ1) is 7.92. The van der Waals surface area contributed by atoms with E-state index in [-0.39, 0.29) is 5.82 Å². The number of alkyl halides is 3. The summed E-state index contributed by atoms with van der Waals surface area (Å²) in [6.45, 7) is 0. The molecule has 1 heterocycles. The van der Waals surface area contributed by atoms with E-state index in [1.807, 2.05) is 0 Å². The maximum Gasteiger partial charge on any atom is 0.433 e. The van der Waals surface area contributed by atoms with Crippen LogP contribution in [0.4, 0.5) is 13.2 Å². The van der Waals surface area contributed by atoms with Gasteiger partial charge in [0, 0.05) is 6.20 Å². The fourth-order valence-electron chi connectivity index (χ4n) is 2.16. The van der Waals surface area contributed by atoms with Gasteiger partial charge < -0.3 is 5.73 Å². The fraction of sp³-hybridized carbons (Fsp3) is 0.636. The second-order valence-corrected chi connectivity index (χ2v) is 4.48. The van der Waals surface area contributed by atoms with Gasteiger partial charge in [-0.1, -0.05) is 19.3 Å². The number of aromatic nitrogens is 2. The van der Waals surface area contributed by atoms with Crippen LogP contribution >= 0.6 is 0 Å². The highest BCUT2D eigenvalue weighted by Gasteiger charge is 2.37. The van der Waals surface area contributed by atoms with E-state index < -0.39 is 17.4 Å². The number of hydrogen-bond acceptors (Lipinski definition) is 3. The molecule has 0 aliphatic heterocycles. The van der Waals surface area contributed by atoms with Crippen LogP contribution < -0.4 is 5.73 Å². The molecule has 17 heavy (non-hydrogen) atoms. The summed E-state index contributed by atoms with van der Waals surface area (Å²) in [6, 6.07) is 0.871. The van der Waals surface area contributed by atoms with Crippen LogP contribution in [0, 0.1) is 0 Å². The lowest BCUT2D eigenvalue weighted by Gasteiger charge is -2.31. The van der Waals surface area contributed by atoms with Crippen molar-refractivity contribution in [2.45, 2.75) is 43.8 Å². The number of nitrogens with zero attached hydrogens (tertiary/aromatic N) is 2. The number of rotatable bonds is 1. The molecule has 1 aliphatic rings. The van der Waals surface area contributed by atoms with Crippen molar-refractivity contribution in [3.05, 3.63) is 23.8 Å². The Morgan fingerprint density at radius 2 is 1.82 bits per heavy atom. The van der Waals surface area contributed by atoms with E-state index in [9.17, 15) is 13.2 Å². The molecule has 1 fully saturated rings. The lowest BCUT2D eigenvalue weighted by Crippen LogP contribution is -2.40. The summed E-state index contributed by atoms with van der Waals surface area (Å²) in [5.74, 6) is 0.118. The van der Waals surface area contributed by atoms with Crippen LogP contribution in [0.1, 0.15) is 43.6 Å². The van der Waals surface area contributed by atoms with E-state index >= 15 is 0 Å². The van der Waals surface area contributed by atoms with Crippen LogP contribution in [0.15, 0.2) is 12.3 Å². The molecule has 0 radical (unpaired) electrons. The van der Waals surface area contributed by atoms with Crippen molar-refractivity contribution in [3.63, 3.8) is 0 Å². The molecule has 1 saturated carbocycles. The van der Waals surface area contributed by atoms with Gasteiger partial charge in [-0.25, -0.2) is 9.97 Å². The van der Waals surface area contributed by atoms with Crippen LogP contribution in [0.25, 0.3) is 0 Å². The molecule has 0 bridgehead atoms. The zero-order chi connectivity index (χ0) is 12.5. The van der Waals surface area contributed by atoms with Crippen molar-refractivity contribution in [1.82, 2.24) is 9.97 Å². The largest absolute Gasteiger partial charge is 0.433 e. The summed E-state index contributed by atoms with van der Waals surface area (Å²) in [5.41, 5.74) is 4.39. The van der Waals surface area contributed by atoms with E-state index in [1.165, 1.54) is 0 Å². The maximum absolute atomic E-state index is 12.5. The molecular weight excluding hydrogens is 231 g/mol. The van der Waals surface area contributed by atoms with Crippen molar-refractivity contribution < 1.29 is 13.2 Å². The molecule has 94 valence electrons. The highest BCUT2D eigenvalue weighted by molar-refractivity contribution is 5.13. The van der Waals surface area contributed by atoms with Crippen molar-refractivity contribution in [3.8, 4) is 0 Å². The minimum Gasteiger partial charge on any atom is -0.319 e. The minimum atomic E-state index is -4.44. The predicted molar refractivity (Wildman–Crippen MR) is 56.0 cm³/mol. The highest BCUT2D eigenvalue weighted by Crippen LogP contribution is 2.34. The average molecular weight is 245 g/mol. The van der Waals surface area contributed by atoms with Gasteiger partial charge in [-0.2, -0.15) is 13.2 Å². The standard InChI is InChI=1S/C11H14F3N3/c12-11(13,14)8-4-7-16-9(17-8)10(15)5-2-1-3-6-10/h4,7H,1-3,5-6,15H2. The molecule has 0 aromatic carbocycles. The Bertz CT molecular complexity index is 397. The molecule has 0 saturated heterocycles. The van der Waals surface area contributed by atoms with E-state index in [0.717, 1.165) is 31.5 Å². The smallest absolute Gasteiger partial charge is 0.319 e. The summed E-state index contributed by atoms with van der Waals surface area (Å²) in [7, 11) is 0. The molecule has 2 N–H and O–H groups in total. The summed E-state index contributed by atoms with van der Waals surface area (Å²) in [6.07, 6.45) is 0.879. The first-order valence-electron chi connectivity index (χ1n) is 5.61. The van der Waals surface area contributed by atoms with Crippen molar-refractivity contribution in [2.24, 2.45) is 5.73 Å². The van der Waals surface area contributed by atoms with Gasteiger partial charge in [0.1, 0.15) is 11.5 Å². The molecule has 0 spiro atoms. The summed E-state index contributed by atoms with van der Waals surface area (Å²) in [5, 5.41) is 0. The van der Waals surface area contributed by atoms with Crippen LogP contribution in [-0.2, 0) is 11.7 Å². The maximum atomic E-state index is 12.5. The molecule has 0 atom stereocenters. The third-order valence-corrected chi connectivity index (χ3v) is 3.14. The van der Waals surface area contributed by atoms with E-state index in [1.54, 1.807) is 0 Å². The Hall–Kier alpha value is -1.17. The van der Waals surface area contributed by atoms with Gasteiger partial charge in [0.25, 0.3) is 0 Å². The molecule has 0 unspecified atom stereocenters. The predicted octanol–water partition coefficient (Wildman–Crippen LogP) is 2.61. The average Bonchev–Trinajstić information content (AvgIpc) is 2.29. The topological polar surface area (TPSA) is 51.8 Å². The Kier molecular flexibility index (Phi) is 3.07. The van der Waals surface area contributed by atoms with Crippen LogP contribution in [0.5, 0.6) is 0 Å². The number of halogens is 3. The van der Waals surface area contributed by atoms with Gasteiger partial charge in [0.2, 0.25) is 0 Å². The summed E-state index contributed by atoms with van der Waals surface area (Å²) in [4.78, 5) is 7.49. The van der Waals surface area contributed by atoms with Crippen molar-refractivity contribution >= 4 is 0 Å². The van der Waals surface area contributed by atoms with Gasteiger partial charge in [0.15, 0.2) is 0 Å². The van der Waals surface area contributed by atoms with Gasteiger partial charge in [-0.3, -0.25) is 0 Å². The minimum absolute atomic E-state index is 0.118. The van der Waals surface area contributed by atoms with Gasteiger partial charge in [-0.15, -0.1) is 0 Å². The van der Waals surface area contributed by atoms with Crippen LogP contribution in [-0.4, -0.2) is 9.97 Å². The molecule has 1 aromatic heterocycles. The molecule has 6 heteroatoms. The molecule has 3 nitrogen and oxygen atoms in total. The van der Waals surface area contributed by atoms with Gasteiger partial charge >= 0.3 is 6.18 Å². The van der Waals surface area contributed by atoms with Crippen molar-refractivity contribution in [1.29, 1.82) is 0 Å². The lowest BCUT2D eigenvalue weighted by atomic mass is 9.82. The second kappa shape index (κ2) is 4.25. The van der Waals surface area contributed by atoms with Gasteiger partial charge in [0.05, 0.1) is 5.54 Å². The number of nitrogens with two attached hydrogens (primary N) is 1. The molecule has 0 amide bonds. The lowest BCUT2D eigenvalue weighted by molar-refractivity contribution is -0.141. The second-order valence-electron chi connectivity index (χ2n) is 4.48. The normalized spacial score (nSPS) is 20.2. The Labute approximate surface area is 97.3 Å². The van der Waals surface area contributed by atoms with Gasteiger partial charge in [-0.05, 0) is 18.9 Å².